The van der Waals surface area contributed by atoms with Gasteiger partial charge in [0.1, 0.15) is 0 Å². The van der Waals surface area contributed by atoms with Gasteiger partial charge in [0, 0.05) is 13.7 Å². The Morgan fingerprint density at radius 3 is 2.86 bits per heavy atom. The van der Waals surface area contributed by atoms with Crippen molar-refractivity contribution in [1.29, 1.82) is 0 Å². The van der Waals surface area contributed by atoms with E-state index in [1.54, 1.807) is 7.11 Å². The van der Waals surface area contributed by atoms with Crippen molar-refractivity contribution >= 4 is 12.0 Å². The van der Waals surface area contributed by atoms with Crippen LogP contribution in [-0.2, 0) is 11.3 Å². The van der Waals surface area contributed by atoms with Gasteiger partial charge in [0.2, 0.25) is 0 Å². The van der Waals surface area contributed by atoms with Crippen LogP contribution < -0.4 is 10.6 Å². The van der Waals surface area contributed by atoms with Crippen molar-refractivity contribution in [3.63, 3.8) is 0 Å². The van der Waals surface area contributed by atoms with Gasteiger partial charge >= 0.3 is 12.0 Å². The van der Waals surface area contributed by atoms with Gasteiger partial charge in [0.25, 0.3) is 0 Å². The molecule has 0 saturated heterocycles. The van der Waals surface area contributed by atoms with E-state index in [2.05, 4.69) is 20.9 Å². The summed E-state index contributed by atoms with van der Waals surface area (Å²) in [6.45, 7) is 3.16. The van der Waals surface area contributed by atoms with E-state index in [0.717, 1.165) is 12.8 Å². The minimum Gasteiger partial charge on any atom is -0.476 e. The minimum atomic E-state index is -1.13. The summed E-state index contributed by atoms with van der Waals surface area (Å²) in [6.07, 6.45) is 3.10. The van der Waals surface area contributed by atoms with Gasteiger partial charge in [-0.15, -0.1) is 5.10 Å². The van der Waals surface area contributed by atoms with E-state index in [-0.39, 0.29) is 17.8 Å². The van der Waals surface area contributed by atoms with E-state index >= 15 is 0 Å². The lowest BCUT2D eigenvalue weighted by molar-refractivity contribution is 0.0690. The molecule has 0 bridgehead atoms. The molecule has 0 fully saturated rings. The second-order valence-corrected chi connectivity index (χ2v) is 4.51. The lowest BCUT2D eigenvalue weighted by Gasteiger charge is -2.17. The number of nitrogens with one attached hydrogen (secondary N) is 2. The number of carboxylic acids is 1. The number of carboxylic acid groups (broad SMARTS) is 1. The van der Waals surface area contributed by atoms with Gasteiger partial charge in [-0.3, -0.25) is 0 Å². The predicted octanol–water partition coefficient (Wildman–Crippen LogP) is 0.0906. The van der Waals surface area contributed by atoms with Gasteiger partial charge in [0.15, 0.2) is 5.69 Å². The highest BCUT2D eigenvalue weighted by molar-refractivity contribution is 5.84. The van der Waals surface area contributed by atoms with Crippen molar-refractivity contribution in [1.82, 2.24) is 25.6 Å². The molecule has 0 aliphatic heterocycles. The molecule has 1 atom stereocenters. The number of methoxy groups -OCH3 is 1. The predicted molar refractivity (Wildman–Crippen MR) is 74.1 cm³/mol. The second-order valence-electron chi connectivity index (χ2n) is 4.51. The maximum atomic E-state index is 11.7. The summed E-state index contributed by atoms with van der Waals surface area (Å²) in [6, 6.07) is -0.311. The van der Waals surface area contributed by atoms with Crippen LogP contribution >= 0.6 is 0 Å². The van der Waals surface area contributed by atoms with E-state index < -0.39 is 5.97 Å². The number of carbonyl (C=O) groups is 2. The summed E-state index contributed by atoms with van der Waals surface area (Å²) in [5.41, 5.74) is -0.123. The number of carbonyl (C=O) groups excluding carboxylic acids is 1. The molecule has 1 heterocycles. The first-order valence-corrected chi connectivity index (χ1v) is 6.73. The molecular formula is C12H21N5O4. The third-order valence-electron chi connectivity index (χ3n) is 2.72. The minimum absolute atomic E-state index is 0.0232. The topological polar surface area (TPSA) is 118 Å². The molecule has 2 amide bonds. The number of ether oxygens (including phenoxy) is 1. The van der Waals surface area contributed by atoms with Crippen LogP contribution in [0.2, 0.25) is 0 Å². The van der Waals surface area contributed by atoms with E-state index in [1.165, 1.54) is 10.9 Å². The first-order chi connectivity index (χ1) is 10.1. The Balaban J connectivity index is 2.30. The maximum Gasteiger partial charge on any atom is 0.358 e. The highest BCUT2D eigenvalue weighted by Gasteiger charge is 2.11. The molecule has 0 aliphatic carbocycles. The van der Waals surface area contributed by atoms with Gasteiger partial charge in [0.05, 0.1) is 25.4 Å². The van der Waals surface area contributed by atoms with Crippen molar-refractivity contribution in [2.24, 2.45) is 0 Å². The fourth-order valence-corrected chi connectivity index (χ4v) is 1.77. The monoisotopic (exact) mass is 299 g/mol. The Morgan fingerprint density at radius 2 is 2.29 bits per heavy atom. The molecule has 3 N–H and O–H groups in total. The summed E-state index contributed by atoms with van der Waals surface area (Å²) in [4.78, 5) is 22.3. The Labute approximate surface area is 122 Å². The van der Waals surface area contributed by atoms with Gasteiger partial charge in [-0.05, 0) is 6.42 Å². The molecule has 1 unspecified atom stereocenters. The normalized spacial score (nSPS) is 11.9. The summed E-state index contributed by atoms with van der Waals surface area (Å²) >= 11 is 0. The lowest BCUT2D eigenvalue weighted by atomic mass is 10.2. The van der Waals surface area contributed by atoms with Crippen LogP contribution in [0.3, 0.4) is 0 Å². The molecule has 0 radical (unpaired) electrons. The van der Waals surface area contributed by atoms with E-state index in [4.69, 9.17) is 9.84 Å². The Morgan fingerprint density at radius 1 is 1.52 bits per heavy atom. The van der Waals surface area contributed by atoms with Crippen molar-refractivity contribution in [3.8, 4) is 0 Å². The number of nitrogens with zero attached hydrogens (tertiary/aromatic N) is 3. The molecule has 1 rings (SSSR count). The summed E-state index contributed by atoms with van der Waals surface area (Å²) in [5.74, 6) is -1.13. The molecule has 9 heteroatoms. The Bertz CT molecular complexity index is 456. The highest BCUT2D eigenvalue weighted by Crippen LogP contribution is 1.97. The smallest absolute Gasteiger partial charge is 0.358 e. The number of aromatic carboxylic acids is 1. The molecule has 0 aromatic carbocycles. The third-order valence-corrected chi connectivity index (χ3v) is 2.72. The maximum absolute atomic E-state index is 11.7. The average molecular weight is 299 g/mol. The second kappa shape index (κ2) is 8.90. The third kappa shape index (κ3) is 6.21. The Hall–Kier alpha value is -2.16. The van der Waals surface area contributed by atoms with Crippen molar-refractivity contribution in [2.75, 3.05) is 20.3 Å². The summed E-state index contributed by atoms with van der Waals surface area (Å²) in [5, 5.41) is 21.3. The molecule has 0 spiro atoms. The molecule has 1 aromatic heterocycles. The van der Waals surface area contributed by atoms with Crippen LogP contribution in [0.25, 0.3) is 0 Å². The van der Waals surface area contributed by atoms with Gasteiger partial charge in [-0.1, -0.05) is 18.6 Å². The summed E-state index contributed by atoms with van der Waals surface area (Å²) < 4.78 is 6.40. The molecular weight excluding hydrogens is 278 g/mol. The zero-order valence-corrected chi connectivity index (χ0v) is 12.2. The summed E-state index contributed by atoms with van der Waals surface area (Å²) in [7, 11) is 1.59. The average Bonchev–Trinajstić information content (AvgIpc) is 2.88. The molecule has 118 valence electrons. The molecule has 0 aliphatic rings. The van der Waals surface area contributed by atoms with Crippen LogP contribution in [0.5, 0.6) is 0 Å². The number of rotatable bonds is 9. The number of urea groups is 1. The lowest BCUT2D eigenvalue weighted by Crippen LogP contribution is -2.44. The standard InChI is InChI=1S/C12H21N5O4/c1-3-4-9(8-21-2)14-12(20)13-5-6-17-7-10(11(18)19)15-16-17/h7,9H,3-6,8H2,1-2H3,(H,18,19)(H2,13,14,20). The molecule has 9 nitrogen and oxygen atoms in total. The van der Waals surface area contributed by atoms with Crippen molar-refractivity contribution < 1.29 is 19.4 Å². The van der Waals surface area contributed by atoms with Gasteiger partial charge < -0.3 is 20.5 Å². The zero-order chi connectivity index (χ0) is 15.7. The number of amides is 2. The van der Waals surface area contributed by atoms with Gasteiger partial charge in [-0.2, -0.15) is 0 Å². The van der Waals surface area contributed by atoms with Crippen LogP contribution in [-0.4, -0.2) is 58.4 Å². The molecule has 1 aromatic rings. The van der Waals surface area contributed by atoms with Crippen molar-refractivity contribution in [2.45, 2.75) is 32.4 Å². The van der Waals surface area contributed by atoms with E-state index in [0.29, 0.717) is 19.7 Å². The SMILES string of the molecule is CCCC(COC)NC(=O)NCCn1cc(C(=O)O)nn1. The first-order valence-electron chi connectivity index (χ1n) is 6.73. The van der Waals surface area contributed by atoms with Crippen molar-refractivity contribution in [3.05, 3.63) is 11.9 Å². The van der Waals surface area contributed by atoms with E-state index in [1.807, 2.05) is 6.92 Å². The quantitative estimate of drug-likeness (QED) is 0.594. The molecule has 21 heavy (non-hydrogen) atoms. The van der Waals surface area contributed by atoms with Crippen LogP contribution in [0.4, 0.5) is 4.79 Å². The number of hydrogen-bond donors (Lipinski definition) is 3. The molecule has 0 saturated carbocycles. The first kappa shape index (κ1) is 16.9. The van der Waals surface area contributed by atoms with Crippen LogP contribution in [0.15, 0.2) is 6.20 Å². The number of aromatic nitrogens is 3. The fourth-order valence-electron chi connectivity index (χ4n) is 1.77. The van der Waals surface area contributed by atoms with Crippen LogP contribution in [0.1, 0.15) is 30.3 Å². The highest BCUT2D eigenvalue weighted by atomic mass is 16.5. The fraction of sp³-hybridized carbons (Fsp3) is 0.667. The van der Waals surface area contributed by atoms with E-state index in [9.17, 15) is 9.59 Å². The van der Waals surface area contributed by atoms with Gasteiger partial charge in [-0.25, -0.2) is 14.3 Å². The Kier molecular flexibility index (Phi) is 7.16. The number of hydrogen-bond acceptors (Lipinski definition) is 5. The largest absolute Gasteiger partial charge is 0.476 e. The zero-order valence-electron chi connectivity index (χ0n) is 12.2. The van der Waals surface area contributed by atoms with Crippen LogP contribution in [0, 0.1) is 0 Å².